The summed E-state index contributed by atoms with van der Waals surface area (Å²) in [6.07, 6.45) is 11.7. The predicted molar refractivity (Wildman–Crippen MR) is 182 cm³/mol. The Morgan fingerprint density at radius 3 is 2.60 bits per heavy atom. The number of fused-ring (bicyclic) bond motifs is 2. The third-order valence-electron chi connectivity index (χ3n) is 10.0. The second-order valence-electron chi connectivity index (χ2n) is 13.2. The van der Waals surface area contributed by atoms with Crippen LogP contribution in [0.3, 0.4) is 0 Å². The van der Waals surface area contributed by atoms with Gasteiger partial charge in [-0.05, 0) is 106 Å². The van der Waals surface area contributed by atoms with Gasteiger partial charge in [0.2, 0.25) is 11.8 Å². The topological polar surface area (TPSA) is 172 Å². The number of hydrogen-bond acceptors (Lipinski definition) is 10. The minimum Gasteiger partial charge on any atom is -0.404 e. The maximum atomic E-state index is 13.1. The highest BCUT2D eigenvalue weighted by atomic mass is 16.2. The number of amides is 4. The van der Waals surface area contributed by atoms with Gasteiger partial charge in [0.1, 0.15) is 6.04 Å². The number of benzene rings is 2. The molecule has 3 aliphatic heterocycles. The van der Waals surface area contributed by atoms with Crippen molar-refractivity contribution in [3.05, 3.63) is 71.2 Å². The molecule has 3 fully saturated rings. The van der Waals surface area contributed by atoms with Crippen LogP contribution >= 0.6 is 0 Å². The van der Waals surface area contributed by atoms with Crippen molar-refractivity contribution in [3.8, 4) is 0 Å². The van der Waals surface area contributed by atoms with Gasteiger partial charge in [0, 0.05) is 36.6 Å². The Bertz CT molecular complexity index is 1830. The zero-order chi connectivity index (χ0) is 33.2. The van der Waals surface area contributed by atoms with Crippen molar-refractivity contribution in [2.45, 2.75) is 69.4 Å². The first-order valence-corrected chi connectivity index (χ1v) is 16.9. The summed E-state index contributed by atoms with van der Waals surface area (Å²) >= 11 is 0. The number of nitrogens with zero attached hydrogens (tertiary/aromatic N) is 4. The van der Waals surface area contributed by atoms with E-state index in [1.807, 2.05) is 6.21 Å². The van der Waals surface area contributed by atoms with Crippen molar-refractivity contribution in [2.75, 3.05) is 25.0 Å². The summed E-state index contributed by atoms with van der Waals surface area (Å²) < 4.78 is 0. The molecule has 1 aromatic heterocycles. The number of nitrogens with two attached hydrogens (primary N) is 1. The van der Waals surface area contributed by atoms with Gasteiger partial charge in [-0.25, -0.2) is 4.98 Å². The number of piperidine rings is 2. The summed E-state index contributed by atoms with van der Waals surface area (Å²) in [5.74, 6) is -0.869. The van der Waals surface area contributed by atoms with Gasteiger partial charge in [0.15, 0.2) is 0 Å². The standard InChI is InChI=1S/C36H40N8O4/c37-18-24(31-20-41-29-6-3-23(16-30(29)42-31)22-9-12-38-13-10-22)19-40-26-14-21(15-26)2-1-11-39-25-4-5-27-28(17-25)36(48)44(35(27)47)32-7-8-33(45)43-34(32)46/h3-6,16-22,26,32,38-39H,1-2,7-15,37H2,(H,43,45,46). The van der Waals surface area contributed by atoms with Gasteiger partial charge < -0.3 is 16.4 Å². The van der Waals surface area contributed by atoms with Gasteiger partial charge in [-0.3, -0.25) is 39.4 Å². The van der Waals surface area contributed by atoms with Crippen molar-refractivity contribution in [1.29, 1.82) is 0 Å². The number of rotatable bonds is 10. The summed E-state index contributed by atoms with van der Waals surface area (Å²) in [5, 5.41) is 9.01. The molecule has 1 aliphatic carbocycles. The molecule has 4 amide bonds. The first-order valence-electron chi connectivity index (χ1n) is 16.9. The molecule has 3 aromatic rings. The van der Waals surface area contributed by atoms with E-state index in [-0.39, 0.29) is 30.0 Å². The van der Waals surface area contributed by atoms with Gasteiger partial charge in [0.05, 0.1) is 40.1 Å². The molecule has 48 heavy (non-hydrogen) atoms. The second kappa shape index (κ2) is 13.6. The molecular weight excluding hydrogens is 608 g/mol. The van der Waals surface area contributed by atoms with Gasteiger partial charge in [-0.2, -0.15) is 0 Å². The van der Waals surface area contributed by atoms with Crippen LogP contribution in [0.2, 0.25) is 0 Å². The quantitative estimate of drug-likeness (QED) is 0.146. The highest BCUT2D eigenvalue weighted by Gasteiger charge is 2.44. The monoisotopic (exact) mass is 648 g/mol. The van der Waals surface area contributed by atoms with E-state index in [1.54, 1.807) is 30.6 Å². The Labute approximate surface area is 278 Å². The zero-order valence-corrected chi connectivity index (χ0v) is 26.8. The maximum Gasteiger partial charge on any atom is 0.262 e. The summed E-state index contributed by atoms with van der Waals surface area (Å²) in [7, 11) is 0. The summed E-state index contributed by atoms with van der Waals surface area (Å²) in [6, 6.07) is 10.8. The van der Waals surface area contributed by atoms with E-state index in [1.165, 1.54) is 5.56 Å². The molecule has 7 rings (SSSR count). The van der Waals surface area contributed by atoms with Gasteiger partial charge in [-0.1, -0.05) is 6.07 Å². The van der Waals surface area contributed by atoms with Crippen LogP contribution in [0.5, 0.6) is 0 Å². The van der Waals surface area contributed by atoms with Crippen molar-refractivity contribution >= 4 is 52.1 Å². The van der Waals surface area contributed by atoms with Crippen LogP contribution in [0.4, 0.5) is 5.69 Å². The average molecular weight is 649 g/mol. The molecule has 5 N–H and O–H groups in total. The van der Waals surface area contributed by atoms with Crippen molar-refractivity contribution in [3.63, 3.8) is 0 Å². The zero-order valence-electron chi connectivity index (χ0n) is 26.8. The number of carbonyl (C=O) groups is 4. The van der Waals surface area contributed by atoms with Gasteiger partial charge in [0.25, 0.3) is 11.8 Å². The maximum absolute atomic E-state index is 13.1. The van der Waals surface area contributed by atoms with Crippen LogP contribution in [0.25, 0.3) is 16.6 Å². The number of allylic oxidation sites excluding steroid dienone is 1. The van der Waals surface area contributed by atoms with E-state index >= 15 is 0 Å². The molecular formula is C36H40N8O4. The van der Waals surface area contributed by atoms with E-state index in [2.05, 4.69) is 39.1 Å². The van der Waals surface area contributed by atoms with Crippen LogP contribution in [-0.2, 0) is 9.59 Å². The minimum absolute atomic E-state index is 0.0938. The Morgan fingerprint density at radius 2 is 1.81 bits per heavy atom. The largest absolute Gasteiger partial charge is 0.404 e. The number of hydrogen-bond donors (Lipinski definition) is 4. The van der Waals surface area contributed by atoms with E-state index in [0.29, 0.717) is 11.8 Å². The molecule has 248 valence electrons. The highest BCUT2D eigenvalue weighted by Crippen LogP contribution is 2.34. The summed E-state index contributed by atoms with van der Waals surface area (Å²) in [6.45, 7) is 2.81. The summed E-state index contributed by atoms with van der Waals surface area (Å²) in [4.78, 5) is 65.1. The van der Waals surface area contributed by atoms with Crippen LogP contribution in [0.15, 0.2) is 53.8 Å². The van der Waals surface area contributed by atoms with Crippen LogP contribution < -0.4 is 21.7 Å². The lowest BCUT2D eigenvalue weighted by molar-refractivity contribution is -0.136. The van der Waals surface area contributed by atoms with Crippen LogP contribution in [-0.4, -0.2) is 76.4 Å². The molecule has 2 aromatic carbocycles. The number of nitrogens with one attached hydrogen (secondary N) is 3. The lowest BCUT2D eigenvalue weighted by atomic mass is 9.78. The molecule has 0 radical (unpaired) electrons. The lowest BCUT2D eigenvalue weighted by Crippen LogP contribution is -2.54. The number of anilines is 1. The number of aromatic nitrogens is 2. The molecule has 1 saturated carbocycles. The number of carbonyl (C=O) groups excluding carboxylic acids is 4. The average Bonchev–Trinajstić information content (AvgIpc) is 3.33. The first-order chi connectivity index (χ1) is 23.4. The first kappa shape index (κ1) is 31.6. The normalized spacial score (nSPS) is 23.5. The van der Waals surface area contributed by atoms with Crippen molar-refractivity contribution in [1.82, 2.24) is 25.5 Å². The van der Waals surface area contributed by atoms with Crippen LogP contribution in [0, 0.1) is 5.92 Å². The molecule has 1 atom stereocenters. The Morgan fingerprint density at radius 1 is 1.00 bits per heavy atom. The van der Waals surface area contributed by atoms with Gasteiger partial charge >= 0.3 is 0 Å². The molecule has 4 aliphatic rings. The smallest absolute Gasteiger partial charge is 0.262 e. The third kappa shape index (κ3) is 6.44. The fraction of sp³-hybridized carbons (Fsp3) is 0.417. The fourth-order valence-electron chi connectivity index (χ4n) is 7.22. The molecule has 0 bridgehead atoms. The lowest BCUT2D eigenvalue weighted by Gasteiger charge is -2.32. The molecule has 4 heterocycles. The van der Waals surface area contributed by atoms with Gasteiger partial charge in [-0.15, -0.1) is 0 Å². The summed E-state index contributed by atoms with van der Waals surface area (Å²) in [5.41, 5.74) is 11.8. The Hall–Kier alpha value is -4.97. The molecule has 0 spiro atoms. The molecule has 12 nitrogen and oxygen atoms in total. The second-order valence-corrected chi connectivity index (χ2v) is 13.2. The van der Waals surface area contributed by atoms with Crippen molar-refractivity contribution in [2.24, 2.45) is 16.6 Å². The predicted octanol–water partition coefficient (Wildman–Crippen LogP) is 3.54. The van der Waals surface area contributed by atoms with E-state index in [0.717, 1.165) is 91.0 Å². The minimum atomic E-state index is -0.968. The van der Waals surface area contributed by atoms with Crippen molar-refractivity contribution < 1.29 is 19.2 Å². The number of aliphatic imine (C=N–C) groups is 1. The SMILES string of the molecule is NC=C(C=NC1CC(CCCNc2ccc3c(c2)C(=O)N(C2CCC(=O)NC2=O)C3=O)C1)c1cnc2ccc(C3CCNCC3)cc2n1. The molecule has 2 saturated heterocycles. The molecule has 1 unspecified atom stereocenters. The fourth-order valence-corrected chi connectivity index (χ4v) is 7.22. The van der Waals surface area contributed by atoms with Crippen LogP contribution in [0.1, 0.15) is 89.3 Å². The van der Waals surface area contributed by atoms with E-state index < -0.39 is 29.7 Å². The van der Waals surface area contributed by atoms with E-state index in [4.69, 9.17) is 15.7 Å². The Kier molecular flexibility index (Phi) is 8.98. The Balaban J connectivity index is 0.871. The molecule has 12 heteroatoms. The third-order valence-corrected chi connectivity index (χ3v) is 10.0. The number of imide groups is 2. The van der Waals surface area contributed by atoms with E-state index in [9.17, 15) is 19.2 Å². The highest BCUT2D eigenvalue weighted by molar-refractivity contribution is 6.23.